The van der Waals surface area contributed by atoms with Gasteiger partial charge in [-0.3, -0.25) is 14.4 Å². The smallest absolute Gasteiger partial charge is 0.289 e. The Morgan fingerprint density at radius 1 is 0.921 bits per heavy atom. The first-order valence-corrected chi connectivity index (χ1v) is 13.5. The quantitative estimate of drug-likeness (QED) is 0.236. The van der Waals surface area contributed by atoms with E-state index in [1.807, 2.05) is 41.8 Å². The SMILES string of the molecule is CCc1c(C(=O)C(N)=O)c2c(OCS(=O)(=O)c3cccc(C(N)=O)c3C)cccc2n1Cc1ccccc1. The number of aromatic nitrogens is 1. The number of amides is 2. The second kappa shape index (κ2) is 10.5. The molecule has 0 spiro atoms. The number of hydrogen-bond donors (Lipinski definition) is 2. The summed E-state index contributed by atoms with van der Waals surface area (Å²) in [6.45, 7) is 3.76. The van der Waals surface area contributed by atoms with E-state index in [1.54, 1.807) is 12.1 Å². The molecule has 3 aromatic carbocycles. The molecule has 1 heterocycles. The molecule has 9 nitrogen and oxygen atoms in total. The molecule has 0 bridgehead atoms. The van der Waals surface area contributed by atoms with E-state index in [-0.39, 0.29) is 27.3 Å². The summed E-state index contributed by atoms with van der Waals surface area (Å²) in [5, 5.41) is 0.307. The molecule has 4 aromatic rings. The van der Waals surface area contributed by atoms with Crippen LogP contribution in [0, 0.1) is 6.92 Å². The molecule has 0 radical (unpaired) electrons. The highest BCUT2D eigenvalue weighted by Crippen LogP contribution is 2.36. The van der Waals surface area contributed by atoms with Crippen LogP contribution in [0.5, 0.6) is 5.75 Å². The number of benzene rings is 3. The molecule has 196 valence electrons. The van der Waals surface area contributed by atoms with Gasteiger partial charge in [0.25, 0.3) is 11.7 Å². The molecule has 0 saturated carbocycles. The lowest BCUT2D eigenvalue weighted by Gasteiger charge is -2.13. The van der Waals surface area contributed by atoms with Crippen LogP contribution in [0.1, 0.15) is 44.5 Å². The number of carbonyl (C=O) groups excluding carboxylic acids is 3. The molecule has 0 aliphatic rings. The van der Waals surface area contributed by atoms with Crippen LogP contribution in [-0.4, -0.2) is 36.5 Å². The van der Waals surface area contributed by atoms with E-state index in [1.165, 1.54) is 31.2 Å². The molecular formula is C28H27N3O6S. The van der Waals surface area contributed by atoms with Gasteiger partial charge in [-0.1, -0.05) is 49.4 Å². The molecule has 4 rings (SSSR count). The highest BCUT2D eigenvalue weighted by atomic mass is 32.2. The van der Waals surface area contributed by atoms with E-state index in [9.17, 15) is 22.8 Å². The van der Waals surface area contributed by atoms with Crippen LogP contribution >= 0.6 is 0 Å². The van der Waals surface area contributed by atoms with Crippen LogP contribution in [-0.2, 0) is 27.6 Å². The van der Waals surface area contributed by atoms with Crippen molar-refractivity contribution in [3.8, 4) is 5.75 Å². The minimum atomic E-state index is -4.03. The fourth-order valence-electron chi connectivity index (χ4n) is 4.65. The second-order valence-corrected chi connectivity index (χ2v) is 10.7. The molecule has 2 amide bonds. The summed E-state index contributed by atoms with van der Waals surface area (Å²) in [4.78, 5) is 36.6. The summed E-state index contributed by atoms with van der Waals surface area (Å²) in [5.74, 6) is -3.42. The highest BCUT2D eigenvalue weighted by molar-refractivity contribution is 7.91. The van der Waals surface area contributed by atoms with Gasteiger partial charge in [-0.05, 0) is 48.7 Å². The lowest BCUT2D eigenvalue weighted by atomic mass is 10.0. The Morgan fingerprint density at radius 3 is 2.24 bits per heavy atom. The van der Waals surface area contributed by atoms with Crippen LogP contribution in [0.15, 0.2) is 71.6 Å². The van der Waals surface area contributed by atoms with E-state index < -0.39 is 33.4 Å². The number of nitrogens with zero attached hydrogens (tertiary/aromatic N) is 1. The molecule has 0 unspecified atom stereocenters. The molecule has 38 heavy (non-hydrogen) atoms. The number of primary amides is 2. The van der Waals surface area contributed by atoms with Crippen molar-refractivity contribution in [2.45, 2.75) is 31.7 Å². The number of ketones is 1. The Hall–Kier alpha value is -4.44. The number of fused-ring (bicyclic) bond motifs is 1. The molecule has 10 heteroatoms. The summed E-state index contributed by atoms with van der Waals surface area (Å²) < 4.78 is 34.1. The largest absolute Gasteiger partial charge is 0.477 e. The van der Waals surface area contributed by atoms with Gasteiger partial charge in [0.05, 0.1) is 21.4 Å². The van der Waals surface area contributed by atoms with Crippen molar-refractivity contribution in [3.05, 3.63) is 94.7 Å². The summed E-state index contributed by atoms with van der Waals surface area (Å²) in [5.41, 5.74) is 13.3. The molecule has 0 saturated heterocycles. The third-order valence-electron chi connectivity index (χ3n) is 6.38. The lowest BCUT2D eigenvalue weighted by molar-refractivity contribution is -0.114. The van der Waals surface area contributed by atoms with Gasteiger partial charge in [0.15, 0.2) is 5.94 Å². The Bertz CT molecular complexity index is 1670. The number of hydrogen-bond acceptors (Lipinski definition) is 6. The molecule has 1 aromatic heterocycles. The number of Topliss-reactive ketones (excluding diaryl/α,β-unsaturated/α-hetero) is 1. The van der Waals surface area contributed by atoms with Crippen molar-refractivity contribution in [1.82, 2.24) is 4.57 Å². The van der Waals surface area contributed by atoms with Crippen molar-refractivity contribution in [1.29, 1.82) is 0 Å². The first-order valence-electron chi connectivity index (χ1n) is 11.8. The normalized spacial score (nSPS) is 11.4. The minimum Gasteiger partial charge on any atom is -0.477 e. The highest BCUT2D eigenvalue weighted by Gasteiger charge is 2.28. The standard InChI is InChI=1S/C28H27N3O6S/c1-3-20-25(26(32)28(30)34)24-21(31(20)15-18-9-5-4-6-10-18)12-8-13-22(24)37-16-38(35,36)23-14-7-11-19(17(23)2)27(29)33/h4-14H,3,15-16H2,1-2H3,(H2,29,33)(H2,30,34). The Labute approximate surface area is 219 Å². The van der Waals surface area contributed by atoms with Crippen molar-refractivity contribution in [3.63, 3.8) is 0 Å². The fourth-order valence-corrected chi connectivity index (χ4v) is 5.92. The molecule has 4 N–H and O–H groups in total. The van der Waals surface area contributed by atoms with Crippen LogP contribution in [0.4, 0.5) is 0 Å². The van der Waals surface area contributed by atoms with Gasteiger partial charge in [0, 0.05) is 17.8 Å². The van der Waals surface area contributed by atoms with Crippen molar-refractivity contribution in [2.24, 2.45) is 11.5 Å². The van der Waals surface area contributed by atoms with Crippen LogP contribution in [0.3, 0.4) is 0 Å². The summed E-state index contributed by atoms with van der Waals surface area (Å²) >= 11 is 0. The van der Waals surface area contributed by atoms with Gasteiger partial charge in [-0.25, -0.2) is 8.42 Å². The topological polar surface area (TPSA) is 152 Å². The van der Waals surface area contributed by atoms with Gasteiger partial charge < -0.3 is 20.8 Å². The molecule has 0 aliphatic heterocycles. The lowest BCUT2D eigenvalue weighted by Crippen LogP contribution is -2.24. The van der Waals surface area contributed by atoms with E-state index in [0.29, 0.717) is 29.6 Å². The summed E-state index contributed by atoms with van der Waals surface area (Å²) in [7, 11) is -4.03. The van der Waals surface area contributed by atoms with E-state index in [4.69, 9.17) is 16.2 Å². The van der Waals surface area contributed by atoms with E-state index in [0.717, 1.165) is 5.56 Å². The maximum Gasteiger partial charge on any atom is 0.289 e. The number of nitrogens with two attached hydrogens (primary N) is 2. The average Bonchev–Trinajstić information content (AvgIpc) is 3.21. The number of ether oxygens (including phenoxy) is 1. The van der Waals surface area contributed by atoms with Gasteiger partial charge in [-0.15, -0.1) is 0 Å². The minimum absolute atomic E-state index is 0.0887. The van der Waals surface area contributed by atoms with Crippen molar-refractivity contribution in [2.75, 3.05) is 5.94 Å². The van der Waals surface area contributed by atoms with Crippen LogP contribution < -0.4 is 16.2 Å². The van der Waals surface area contributed by atoms with Gasteiger partial charge in [-0.2, -0.15) is 0 Å². The Morgan fingerprint density at radius 2 is 1.61 bits per heavy atom. The third kappa shape index (κ3) is 4.90. The van der Waals surface area contributed by atoms with Gasteiger partial charge >= 0.3 is 0 Å². The predicted molar refractivity (Wildman–Crippen MR) is 143 cm³/mol. The van der Waals surface area contributed by atoms with Crippen molar-refractivity contribution >= 4 is 38.3 Å². The summed E-state index contributed by atoms with van der Waals surface area (Å²) in [6.07, 6.45) is 0.409. The third-order valence-corrected chi connectivity index (χ3v) is 7.92. The van der Waals surface area contributed by atoms with Crippen molar-refractivity contribution < 1.29 is 27.5 Å². The number of sulfone groups is 1. The fraction of sp³-hybridized carbons (Fsp3) is 0.179. The average molecular weight is 534 g/mol. The first kappa shape index (κ1) is 26.6. The monoisotopic (exact) mass is 533 g/mol. The zero-order chi connectivity index (χ0) is 27.6. The molecule has 0 atom stereocenters. The van der Waals surface area contributed by atoms with E-state index >= 15 is 0 Å². The second-order valence-electron chi connectivity index (χ2n) is 8.76. The maximum absolute atomic E-state index is 13.2. The Balaban J connectivity index is 1.83. The molecular weight excluding hydrogens is 506 g/mol. The predicted octanol–water partition coefficient (Wildman–Crippen LogP) is 3.14. The Kier molecular flexibility index (Phi) is 7.36. The van der Waals surface area contributed by atoms with E-state index in [2.05, 4.69) is 0 Å². The molecule has 0 aliphatic carbocycles. The summed E-state index contributed by atoms with van der Waals surface area (Å²) in [6, 6.07) is 18.8. The molecule has 0 fully saturated rings. The van der Waals surface area contributed by atoms with Crippen LogP contribution in [0.2, 0.25) is 0 Å². The maximum atomic E-state index is 13.2. The van der Waals surface area contributed by atoms with Gasteiger partial charge in [0.1, 0.15) is 5.75 Å². The first-order chi connectivity index (χ1) is 18.1. The zero-order valence-electron chi connectivity index (χ0n) is 20.9. The van der Waals surface area contributed by atoms with Crippen LogP contribution in [0.25, 0.3) is 10.9 Å². The number of rotatable bonds is 10. The zero-order valence-corrected chi connectivity index (χ0v) is 21.7. The number of carbonyl (C=O) groups is 3. The van der Waals surface area contributed by atoms with Gasteiger partial charge in [0.2, 0.25) is 15.7 Å².